The molecular weight excluding hydrogens is 388 g/mol. The van der Waals surface area contributed by atoms with Gasteiger partial charge in [-0.15, -0.1) is 0 Å². The normalized spacial score (nSPS) is 18.2. The monoisotopic (exact) mass is 408 g/mol. The fourth-order valence-corrected chi connectivity index (χ4v) is 4.29. The highest BCUT2D eigenvalue weighted by Gasteiger charge is 2.30. The zero-order chi connectivity index (χ0) is 20.1. The number of sulfonamides is 1. The summed E-state index contributed by atoms with van der Waals surface area (Å²) < 4.78 is 31.5. The lowest BCUT2D eigenvalue weighted by Gasteiger charge is -2.33. The summed E-state index contributed by atoms with van der Waals surface area (Å²) in [6, 6.07) is 8.11. The number of hydrogen-bond acceptors (Lipinski definition) is 7. The molecule has 1 saturated heterocycles. The summed E-state index contributed by atoms with van der Waals surface area (Å²) in [7, 11) is -3.60. The first-order valence-corrected chi connectivity index (χ1v) is 10.2. The largest absolute Gasteiger partial charge is 0.451 e. The van der Waals surface area contributed by atoms with Gasteiger partial charge < -0.3 is 9.64 Å². The highest BCUT2D eigenvalue weighted by atomic mass is 32.2. The standard InChI is InChI=1S/C17H20N4O6S/c22-15-7-6-14(18-19-15)17(24)27-12-16(23)20-8-10-21(11-9-20)28(25,26)13-4-2-1-3-5-13/h1-5H,6-12H2,(H,19,22). The van der Waals surface area contributed by atoms with Crippen LogP contribution in [0.1, 0.15) is 12.8 Å². The van der Waals surface area contributed by atoms with E-state index in [2.05, 4.69) is 10.5 Å². The van der Waals surface area contributed by atoms with Crippen LogP contribution in [0.3, 0.4) is 0 Å². The maximum absolute atomic E-state index is 12.6. The molecule has 150 valence electrons. The molecule has 0 saturated carbocycles. The van der Waals surface area contributed by atoms with Crippen LogP contribution >= 0.6 is 0 Å². The van der Waals surface area contributed by atoms with E-state index < -0.39 is 28.5 Å². The SMILES string of the molecule is O=C1CCC(C(=O)OCC(=O)N2CCN(S(=O)(=O)c3ccccc3)CC2)=NN1. The molecule has 1 N–H and O–H groups in total. The molecule has 0 bridgehead atoms. The quantitative estimate of drug-likeness (QED) is 0.644. The zero-order valence-corrected chi connectivity index (χ0v) is 15.9. The predicted octanol–water partition coefficient (Wildman–Crippen LogP) is -0.671. The molecule has 1 aromatic carbocycles. The van der Waals surface area contributed by atoms with Gasteiger partial charge in [-0.05, 0) is 12.1 Å². The van der Waals surface area contributed by atoms with Crippen LogP contribution in [0.15, 0.2) is 40.3 Å². The molecule has 2 amide bonds. The first-order valence-electron chi connectivity index (χ1n) is 8.73. The van der Waals surface area contributed by atoms with Crippen molar-refractivity contribution in [2.24, 2.45) is 5.10 Å². The Morgan fingerprint density at radius 2 is 1.75 bits per heavy atom. The lowest BCUT2D eigenvalue weighted by Crippen LogP contribution is -2.51. The Labute approximate surface area is 162 Å². The van der Waals surface area contributed by atoms with Gasteiger partial charge in [-0.1, -0.05) is 18.2 Å². The first-order chi connectivity index (χ1) is 13.4. The number of piperazine rings is 1. The molecule has 2 heterocycles. The maximum atomic E-state index is 12.6. The third kappa shape index (κ3) is 4.54. The predicted molar refractivity (Wildman–Crippen MR) is 97.6 cm³/mol. The zero-order valence-electron chi connectivity index (χ0n) is 15.0. The van der Waals surface area contributed by atoms with E-state index >= 15 is 0 Å². The van der Waals surface area contributed by atoms with Gasteiger partial charge in [0, 0.05) is 39.0 Å². The number of hydrogen-bond donors (Lipinski definition) is 1. The molecule has 28 heavy (non-hydrogen) atoms. The number of rotatable bonds is 5. The van der Waals surface area contributed by atoms with Crippen molar-refractivity contribution in [1.29, 1.82) is 0 Å². The average molecular weight is 408 g/mol. The van der Waals surface area contributed by atoms with E-state index in [-0.39, 0.29) is 55.5 Å². The molecule has 0 atom stereocenters. The minimum Gasteiger partial charge on any atom is -0.451 e. The van der Waals surface area contributed by atoms with Gasteiger partial charge in [0.1, 0.15) is 5.71 Å². The van der Waals surface area contributed by atoms with E-state index in [9.17, 15) is 22.8 Å². The van der Waals surface area contributed by atoms with Crippen LogP contribution in [0, 0.1) is 0 Å². The van der Waals surface area contributed by atoms with Crippen molar-refractivity contribution in [3.05, 3.63) is 30.3 Å². The van der Waals surface area contributed by atoms with Crippen LogP contribution in [0.4, 0.5) is 0 Å². The van der Waals surface area contributed by atoms with Crippen LogP contribution in [-0.2, 0) is 29.1 Å². The summed E-state index contributed by atoms with van der Waals surface area (Å²) >= 11 is 0. The molecule has 2 aliphatic rings. The molecule has 11 heteroatoms. The van der Waals surface area contributed by atoms with Crippen LogP contribution in [0.25, 0.3) is 0 Å². The lowest BCUT2D eigenvalue weighted by atomic mass is 10.2. The van der Waals surface area contributed by atoms with Crippen molar-refractivity contribution >= 4 is 33.5 Å². The van der Waals surface area contributed by atoms with Crippen LogP contribution in [0.2, 0.25) is 0 Å². The molecule has 1 aromatic rings. The van der Waals surface area contributed by atoms with Gasteiger partial charge in [0.05, 0.1) is 4.90 Å². The van der Waals surface area contributed by atoms with Gasteiger partial charge in [-0.25, -0.2) is 18.6 Å². The number of ether oxygens (including phenoxy) is 1. The van der Waals surface area contributed by atoms with Crippen molar-refractivity contribution in [3.8, 4) is 0 Å². The van der Waals surface area contributed by atoms with Gasteiger partial charge in [0.15, 0.2) is 6.61 Å². The molecule has 0 spiro atoms. The van der Waals surface area contributed by atoms with Gasteiger partial charge in [0.2, 0.25) is 15.9 Å². The third-order valence-corrected chi connectivity index (χ3v) is 6.35. The fourth-order valence-electron chi connectivity index (χ4n) is 2.84. The minimum atomic E-state index is -3.60. The summed E-state index contributed by atoms with van der Waals surface area (Å²) in [4.78, 5) is 36.8. The Hall–Kier alpha value is -2.79. The van der Waals surface area contributed by atoms with Crippen LogP contribution < -0.4 is 5.43 Å². The second kappa shape index (κ2) is 8.48. The third-order valence-electron chi connectivity index (χ3n) is 4.44. The van der Waals surface area contributed by atoms with Gasteiger partial charge >= 0.3 is 5.97 Å². The highest BCUT2D eigenvalue weighted by Crippen LogP contribution is 2.17. The van der Waals surface area contributed by atoms with Gasteiger partial charge in [-0.3, -0.25) is 9.59 Å². The summed E-state index contributed by atoms with van der Waals surface area (Å²) in [5, 5.41) is 3.61. The lowest BCUT2D eigenvalue weighted by molar-refractivity contribution is -0.147. The molecule has 10 nitrogen and oxygen atoms in total. The Bertz CT molecular complexity index is 891. The number of benzene rings is 1. The maximum Gasteiger partial charge on any atom is 0.355 e. The van der Waals surface area contributed by atoms with Crippen molar-refractivity contribution in [2.45, 2.75) is 17.7 Å². The Kier molecular flexibility index (Phi) is 6.05. The number of esters is 1. The summed E-state index contributed by atoms with van der Waals surface area (Å²) in [6.45, 7) is 0.279. The van der Waals surface area contributed by atoms with Crippen molar-refractivity contribution < 1.29 is 27.5 Å². The van der Waals surface area contributed by atoms with Crippen LogP contribution in [0.5, 0.6) is 0 Å². The molecule has 0 radical (unpaired) electrons. The number of nitrogens with one attached hydrogen (secondary N) is 1. The molecule has 2 aliphatic heterocycles. The topological polar surface area (TPSA) is 125 Å². The number of amides is 2. The summed E-state index contributed by atoms with van der Waals surface area (Å²) in [5.41, 5.74) is 2.25. The van der Waals surface area contributed by atoms with Crippen molar-refractivity contribution in [1.82, 2.24) is 14.6 Å². The van der Waals surface area contributed by atoms with E-state index in [1.165, 1.54) is 21.3 Å². The number of hydrazone groups is 1. The van der Waals surface area contributed by atoms with Crippen molar-refractivity contribution in [3.63, 3.8) is 0 Å². The van der Waals surface area contributed by atoms with E-state index in [1.54, 1.807) is 18.2 Å². The Morgan fingerprint density at radius 3 is 2.36 bits per heavy atom. The highest BCUT2D eigenvalue weighted by molar-refractivity contribution is 7.89. The van der Waals surface area contributed by atoms with Crippen LogP contribution in [-0.4, -0.2) is 73.9 Å². The number of carbonyl (C=O) groups is 3. The van der Waals surface area contributed by atoms with Crippen molar-refractivity contribution in [2.75, 3.05) is 32.8 Å². The second-order valence-electron chi connectivity index (χ2n) is 6.27. The van der Waals surface area contributed by atoms with Gasteiger partial charge in [0.25, 0.3) is 5.91 Å². The average Bonchev–Trinajstić information content (AvgIpc) is 2.73. The number of nitrogens with zero attached hydrogens (tertiary/aromatic N) is 3. The molecule has 3 rings (SSSR count). The molecule has 0 aromatic heterocycles. The van der Waals surface area contributed by atoms with E-state index in [4.69, 9.17) is 4.74 Å². The van der Waals surface area contributed by atoms with E-state index in [0.29, 0.717) is 0 Å². The molecule has 1 fully saturated rings. The molecular formula is C17H20N4O6S. The first kappa shape index (κ1) is 20.0. The van der Waals surface area contributed by atoms with E-state index in [0.717, 1.165) is 0 Å². The Morgan fingerprint density at radius 1 is 1.07 bits per heavy atom. The summed E-state index contributed by atoms with van der Waals surface area (Å²) in [6.07, 6.45) is 0.300. The molecule has 0 unspecified atom stereocenters. The van der Waals surface area contributed by atoms with Gasteiger partial charge in [-0.2, -0.15) is 9.41 Å². The summed E-state index contributed by atoms with van der Waals surface area (Å²) in [5.74, 6) is -1.44. The Balaban J connectivity index is 1.49. The smallest absolute Gasteiger partial charge is 0.355 e. The second-order valence-corrected chi connectivity index (χ2v) is 8.21. The fraction of sp³-hybridized carbons (Fsp3) is 0.412. The molecule has 0 aliphatic carbocycles. The minimum absolute atomic E-state index is 0.0613. The van der Waals surface area contributed by atoms with E-state index in [1.807, 2.05) is 0 Å². The number of carbonyl (C=O) groups excluding carboxylic acids is 3.